The van der Waals surface area contributed by atoms with Gasteiger partial charge in [0.2, 0.25) is 0 Å². The maximum Gasteiger partial charge on any atom is 0.261 e. The van der Waals surface area contributed by atoms with Crippen molar-refractivity contribution in [3.8, 4) is 11.5 Å². The van der Waals surface area contributed by atoms with E-state index < -0.39 is 12.1 Å². The van der Waals surface area contributed by atoms with E-state index in [1.807, 2.05) is 42.1 Å². The van der Waals surface area contributed by atoms with Crippen LogP contribution in [0.4, 0.5) is 0 Å². The number of hydrogen-bond acceptors (Lipinski definition) is 4. The summed E-state index contributed by atoms with van der Waals surface area (Å²) < 4.78 is 12.8. The van der Waals surface area contributed by atoms with Crippen molar-refractivity contribution in [1.29, 1.82) is 0 Å². The largest absolute Gasteiger partial charge is 0.497 e. The number of methoxy groups -OCH3 is 1. The van der Waals surface area contributed by atoms with Gasteiger partial charge in [0.05, 0.1) is 12.1 Å². The van der Waals surface area contributed by atoms with Crippen LogP contribution in [-0.2, 0) is 11.8 Å². The summed E-state index contributed by atoms with van der Waals surface area (Å²) >= 11 is 12.1. The molecule has 0 unspecified atom stereocenters. The van der Waals surface area contributed by atoms with Gasteiger partial charge in [-0.05, 0) is 42.8 Å². The highest BCUT2D eigenvalue weighted by Crippen LogP contribution is 2.29. The molecule has 0 bridgehead atoms. The van der Waals surface area contributed by atoms with Gasteiger partial charge in [0.1, 0.15) is 23.4 Å². The predicted octanol–water partition coefficient (Wildman–Crippen LogP) is 4.41. The fraction of sp³-hybridized carbons (Fsp3) is 0.238. The second-order valence-electron chi connectivity index (χ2n) is 6.45. The van der Waals surface area contributed by atoms with E-state index in [1.54, 1.807) is 38.4 Å². The van der Waals surface area contributed by atoms with E-state index in [0.29, 0.717) is 21.6 Å². The minimum atomic E-state index is -0.783. The first-order chi connectivity index (χ1) is 13.9. The molecule has 0 saturated carbocycles. The zero-order valence-electron chi connectivity index (χ0n) is 16.2. The molecule has 1 aromatic heterocycles. The molecule has 0 aliphatic rings. The Balaban J connectivity index is 1.81. The van der Waals surface area contributed by atoms with Crippen LogP contribution in [0.5, 0.6) is 11.5 Å². The monoisotopic (exact) mass is 433 g/mol. The fourth-order valence-electron chi connectivity index (χ4n) is 2.82. The van der Waals surface area contributed by atoms with Crippen LogP contribution in [0, 0.1) is 0 Å². The van der Waals surface area contributed by atoms with Crippen LogP contribution in [0.1, 0.15) is 24.4 Å². The molecule has 29 heavy (non-hydrogen) atoms. The molecule has 6 nitrogen and oxygen atoms in total. The first-order valence-electron chi connectivity index (χ1n) is 8.92. The average molecular weight is 434 g/mol. The Kier molecular flexibility index (Phi) is 6.67. The number of nitrogens with one attached hydrogen (secondary N) is 1. The van der Waals surface area contributed by atoms with Gasteiger partial charge < -0.3 is 19.4 Å². The first-order valence-corrected chi connectivity index (χ1v) is 9.68. The van der Waals surface area contributed by atoms with Crippen molar-refractivity contribution >= 4 is 29.1 Å². The number of rotatable bonds is 7. The molecule has 0 aliphatic carbocycles. The Labute approximate surface area is 179 Å². The highest BCUT2D eigenvalue weighted by Gasteiger charge is 2.25. The summed E-state index contributed by atoms with van der Waals surface area (Å²) in [6.45, 7) is 1.66. The lowest BCUT2D eigenvalue weighted by molar-refractivity contribution is -0.127. The van der Waals surface area contributed by atoms with Crippen LogP contribution in [0.2, 0.25) is 10.0 Å². The van der Waals surface area contributed by atoms with Crippen LogP contribution in [0.3, 0.4) is 0 Å². The van der Waals surface area contributed by atoms with E-state index in [4.69, 9.17) is 32.7 Å². The van der Waals surface area contributed by atoms with E-state index >= 15 is 0 Å². The van der Waals surface area contributed by atoms with Gasteiger partial charge in [0.25, 0.3) is 5.91 Å². The molecular formula is C21H21Cl2N3O3. The maximum atomic E-state index is 12.9. The third kappa shape index (κ3) is 5.02. The lowest BCUT2D eigenvalue weighted by Gasteiger charge is -2.22. The van der Waals surface area contributed by atoms with E-state index in [9.17, 15) is 4.79 Å². The second-order valence-corrected chi connectivity index (χ2v) is 7.29. The van der Waals surface area contributed by atoms with Crippen LogP contribution < -0.4 is 14.8 Å². The Morgan fingerprint density at radius 1 is 1.17 bits per heavy atom. The first kappa shape index (κ1) is 21.0. The van der Waals surface area contributed by atoms with Gasteiger partial charge in [-0.3, -0.25) is 4.79 Å². The quantitative estimate of drug-likeness (QED) is 0.599. The molecular weight excluding hydrogens is 413 g/mol. The van der Waals surface area contributed by atoms with Gasteiger partial charge in [-0.1, -0.05) is 35.3 Å². The molecule has 0 aliphatic heterocycles. The van der Waals surface area contributed by atoms with Crippen molar-refractivity contribution in [2.45, 2.75) is 19.1 Å². The van der Waals surface area contributed by atoms with E-state index in [0.717, 1.165) is 11.3 Å². The van der Waals surface area contributed by atoms with Gasteiger partial charge in [-0.25, -0.2) is 4.98 Å². The number of aryl methyl sites for hydroxylation is 1. The Morgan fingerprint density at radius 3 is 2.48 bits per heavy atom. The molecule has 8 heteroatoms. The molecule has 152 valence electrons. The summed E-state index contributed by atoms with van der Waals surface area (Å²) in [6.07, 6.45) is 2.73. The summed E-state index contributed by atoms with van der Waals surface area (Å²) in [5.74, 6) is 1.50. The van der Waals surface area contributed by atoms with Crippen molar-refractivity contribution in [3.63, 3.8) is 0 Å². The molecule has 2 atom stereocenters. The van der Waals surface area contributed by atoms with Gasteiger partial charge in [-0.15, -0.1) is 0 Å². The highest BCUT2D eigenvalue weighted by molar-refractivity contribution is 6.35. The topological polar surface area (TPSA) is 65.4 Å². The predicted molar refractivity (Wildman–Crippen MR) is 113 cm³/mol. The number of hydrogen-bond donors (Lipinski definition) is 1. The number of carbonyl (C=O) groups excluding carboxylic acids is 1. The number of amides is 1. The van der Waals surface area contributed by atoms with Crippen molar-refractivity contribution in [2.75, 3.05) is 7.11 Å². The van der Waals surface area contributed by atoms with Crippen molar-refractivity contribution in [2.24, 2.45) is 7.05 Å². The normalized spacial score (nSPS) is 12.9. The molecule has 3 rings (SSSR count). The summed E-state index contributed by atoms with van der Waals surface area (Å²) in [6, 6.07) is 11.8. The van der Waals surface area contributed by atoms with E-state index in [2.05, 4.69) is 10.3 Å². The SMILES string of the molecule is COc1ccc([C@@H](NC(=O)[C@H](C)Oc2ccc(Cl)cc2Cl)c2nccn2C)cc1. The van der Waals surface area contributed by atoms with Crippen LogP contribution in [0.15, 0.2) is 54.9 Å². The second kappa shape index (κ2) is 9.20. The number of ether oxygens (including phenoxy) is 2. The van der Waals surface area contributed by atoms with E-state index in [1.165, 1.54) is 0 Å². The smallest absolute Gasteiger partial charge is 0.261 e. The van der Waals surface area contributed by atoms with Gasteiger partial charge >= 0.3 is 0 Å². The zero-order chi connectivity index (χ0) is 21.0. The van der Waals surface area contributed by atoms with Crippen molar-refractivity contribution < 1.29 is 14.3 Å². The molecule has 0 spiro atoms. The molecule has 2 aromatic carbocycles. The number of carbonyl (C=O) groups is 1. The minimum absolute atomic E-state index is 0.306. The van der Waals surface area contributed by atoms with E-state index in [-0.39, 0.29) is 5.91 Å². The summed E-state index contributed by atoms with van der Waals surface area (Å²) in [4.78, 5) is 17.3. The third-order valence-corrected chi connectivity index (χ3v) is 4.95. The van der Waals surface area contributed by atoms with Gasteiger partial charge in [0, 0.05) is 24.5 Å². The Bertz CT molecular complexity index is 989. The third-order valence-electron chi connectivity index (χ3n) is 4.42. The highest BCUT2D eigenvalue weighted by atomic mass is 35.5. The number of nitrogens with zero attached hydrogens (tertiary/aromatic N) is 2. The summed E-state index contributed by atoms with van der Waals surface area (Å²) in [5, 5.41) is 3.84. The van der Waals surface area contributed by atoms with Crippen molar-refractivity contribution in [1.82, 2.24) is 14.9 Å². The molecule has 0 fully saturated rings. The molecule has 0 saturated heterocycles. The number of aromatic nitrogens is 2. The fourth-order valence-corrected chi connectivity index (χ4v) is 3.28. The number of halogens is 2. The van der Waals surface area contributed by atoms with Crippen LogP contribution in [-0.4, -0.2) is 28.7 Å². The Hall–Kier alpha value is -2.70. The maximum absolute atomic E-state index is 12.9. The molecule has 3 aromatic rings. The van der Waals surface area contributed by atoms with Crippen LogP contribution >= 0.6 is 23.2 Å². The minimum Gasteiger partial charge on any atom is -0.497 e. The average Bonchev–Trinajstić information content (AvgIpc) is 3.13. The zero-order valence-corrected chi connectivity index (χ0v) is 17.7. The molecule has 1 heterocycles. The van der Waals surface area contributed by atoms with Crippen LogP contribution in [0.25, 0.3) is 0 Å². The van der Waals surface area contributed by atoms with Gasteiger partial charge in [0.15, 0.2) is 6.10 Å². The lowest BCUT2D eigenvalue weighted by Crippen LogP contribution is -2.39. The molecule has 1 N–H and O–H groups in total. The number of benzene rings is 2. The summed E-state index contributed by atoms with van der Waals surface area (Å²) in [7, 11) is 3.48. The summed E-state index contributed by atoms with van der Waals surface area (Å²) in [5.41, 5.74) is 0.866. The van der Waals surface area contributed by atoms with Gasteiger partial charge in [-0.2, -0.15) is 0 Å². The molecule has 0 radical (unpaired) electrons. The van der Waals surface area contributed by atoms with Crippen molar-refractivity contribution in [3.05, 3.63) is 76.3 Å². The standard InChI is InChI=1S/C21H21Cl2N3O3/c1-13(29-18-9-6-15(22)12-17(18)23)21(27)25-19(20-24-10-11-26(20)2)14-4-7-16(28-3)8-5-14/h4-13,19H,1-3H3,(H,25,27)/t13-,19+/m0/s1. The lowest BCUT2D eigenvalue weighted by atomic mass is 10.1. The molecule has 1 amide bonds. The Morgan fingerprint density at radius 2 is 1.90 bits per heavy atom. The number of imidazole rings is 1.